The van der Waals surface area contributed by atoms with E-state index in [-0.39, 0.29) is 0 Å². The summed E-state index contributed by atoms with van der Waals surface area (Å²) in [4.78, 5) is 10.6. The molecule has 0 unspecified atom stereocenters. The molecule has 3 heterocycles. The van der Waals surface area contributed by atoms with Crippen LogP contribution in [0.5, 0.6) is 0 Å². The Bertz CT molecular complexity index is 3510. The predicted octanol–water partition coefficient (Wildman–Crippen LogP) is 13.0. The van der Waals surface area contributed by atoms with Gasteiger partial charge in [0.05, 0.1) is 27.6 Å². The van der Waals surface area contributed by atoms with Gasteiger partial charge >= 0.3 is 0 Å². The van der Waals surface area contributed by atoms with Crippen molar-refractivity contribution in [1.29, 1.82) is 0 Å². The van der Waals surface area contributed by atoms with Gasteiger partial charge in [0.25, 0.3) is 0 Å². The lowest BCUT2D eigenvalue weighted by molar-refractivity contribution is 1.08. The van der Waals surface area contributed by atoms with Crippen molar-refractivity contribution >= 4 is 86.8 Å². The largest absolute Gasteiger partial charge is 0.309 e. The van der Waals surface area contributed by atoms with Gasteiger partial charge in [-0.1, -0.05) is 115 Å². The van der Waals surface area contributed by atoms with Crippen molar-refractivity contribution in [2.24, 2.45) is 0 Å². The Kier molecular flexibility index (Phi) is 6.02. The highest BCUT2D eigenvalue weighted by Gasteiger charge is 2.20. The highest BCUT2D eigenvalue weighted by Crippen LogP contribution is 2.40. The molecule has 0 spiro atoms. The van der Waals surface area contributed by atoms with Crippen LogP contribution in [0, 0.1) is 0 Å². The number of aromatic nitrogens is 4. The SMILES string of the molecule is c1ccc2cc(-c3nc(-n4c5ccc(-n6c7ccccc7c7cc8ccccc8cc76)cc5c5cc6ccccc6cc54)c4ccccc4n3)ccc2c1. The van der Waals surface area contributed by atoms with E-state index >= 15 is 0 Å². The molecule has 0 N–H and O–H groups in total. The first-order chi connectivity index (χ1) is 26.7. The number of para-hydroxylation sites is 2. The van der Waals surface area contributed by atoms with Gasteiger partial charge < -0.3 is 4.57 Å². The lowest BCUT2D eigenvalue weighted by atomic mass is 10.1. The third-order valence-electron chi connectivity index (χ3n) is 11.2. The zero-order valence-corrected chi connectivity index (χ0v) is 29.1. The van der Waals surface area contributed by atoms with Crippen molar-refractivity contribution in [3.8, 4) is 22.9 Å². The second-order valence-corrected chi connectivity index (χ2v) is 14.3. The van der Waals surface area contributed by atoms with Crippen LogP contribution in [-0.2, 0) is 0 Å². The molecule has 4 heteroatoms. The van der Waals surface area contributed by atoms with Crippen LogP contribution in [0.15, 0.2) is 182 Å². The van der Waals surface area contributed by atoms with Crippen molar-refractivity contribution in [1.82, 2.24) is 19.1 Å². The standard InChI is InChI=1S/C50H30N4/c1-2-12-32-25-37(22-21-31(32)11-1)49-51-44-19-9-7-18-40(44)50(52-49)54-46-24-23-38(30-43(46)42-27-34-14-4-6-16-36(34)29-48(42)54)53-45-20-10-8-17-39(45)41-26-33-13-3-5-15-35(33)28-47(41)53/h1-30H. The zero-order valence-electron chi connectivity index (χ0n) is 29.1. The van der Waals surface area contributed by atoms with Crippen molar-refractivity contribution in [3.63, 3.8) is 0 Å². The van der Waals surface area contributed by atoms with Crippen LogP contribution < -0.4 is 0 Å². The van der Waals surface area contributed by atoms with Crippen LogP contribution in [0.25, 0.3) is 110 Å². The highest BCUT2D eigenvalue weighted by molar-refractivity contribution is 6.16. The Morgan fingerprint density at radius 3 is 1.59 bits per heavy atom. The topological polar surface area (TPSA) is 35.6 Å². The van der Waals surface area contributed by atoms with Gasteiger partial charge in [0.2, 0.25) is 0 Å². The van der Waals surface area contributed by atoms with E-state index in [2.05, 4.69) is 191 Å². The summed E-state index contributed by atoms with van der Waals surface area (Å²) in [6.45, 7) is 0. The molecule has 0 fully saturated rings. The lowest BCUT2D eigenvalue weighted by Gasteiger charge is -2.14. The third-order valence-corrected chi connectivity index (χ3v) is 11.2. The van der Waals surface area contributed by atoms with Crippen molar-refractivity contribution in [2.75, 3.05) is 0 Å². The predicted molar refractivity (Wildman–Crippen MR) is 226 cm³/mol. The minimum Gasteiger partial charge on any atom is -0.309 e. The van der Waals surface area contributed by atoms with Crippen LogP contribution >= 0.6 is 0 Å². The molecule has 0 aliphatic heterocycles. The van der Waals surface area contributed by atoms with Crippen LogP contribution in [0.1, 0.15) is 0 Å². The molecular weight excluding hydrogens is 657 g/mol. The van der Waals surface area contributed by atoms with E-state index in [4.69, 9.17) is 9.97 Å². The van der Waals surface area contributed by atoms with Crippen molar-refractivity contribution < 1.29 is 0 Å². The second-order valence-electron chi connectivity index (χ2n) is 14.3. The quantitative estimate of drug-likeness (QED) is 0.185. The number of fused-ring (bicyclic) bond motifs is 10. The van der Waals surface area contributed by atoms with Gasteiger partial charge in [-0.15, -0.1) is 0 Å². The van der Waals surface area contributed by atoms with Gasteiger partial charge in [0.15, 0.2) is 5.82 Å². The molecule has 0 aliphatic rings. The van der Waals surface area contributed by atoms with Crippen LogP contribution in [-0.4, -0.2) is 19.1 Å². The minimum absolute atomic E-state index is 0.708. The Balaban J connectivity index is 1.17. The van der Waals surface area contributed by atoms with Crippen LogP contribution in [0.2, 0.25) is 0 Å². The van der Waals surface area contributed by atoms with Gasteiger partial charge in [0.1, 0.15) is 5.82 Å². The molecule has 3 aromatic heterocycles. The average Bonchev–Trinajstić information content (AvgIpc) is 3.72. The molecule has 0 atom stereocenters. The Morgan fingerprint density at radius 1 is 0.315 bits per heavy atom. The zero-order chi connectivity index (χ0) is 35.3. The number of hydrogen-bond acceptors (Lipinski definition) is 2. The fourth-order valence-electron chi connectivity index (χ4n) is 8.68. The van der Waals surface area contributed by atoms with Gasteiger partial charge in [-0.25, -0.2) is 9.97 Å². The summed E-state index contributed by atoms with van der Waals surface area (Å²) in [5.74, 6) is 1.58. The molecule has 0 amide bonds. The van der Waals surface area contributed by atoms with Gasteiger partial charge in [-0.05, 0) is 99.0 Å². The molecule has 4 nitrogen and oxygen atoms in total. The molecule has 9 aromatic carbocycles. The smallest absolute Gasteiger partial charge is 0.162 e. The first kappa shape index (κ1) is 29.3. The maximum absolute atomic E-state index is 5.43. The number of rotatable bonds is 3. The fourth-order valence-corrected chi connectivity index (χ4v) is 8.68. The summed E-state index contributed by atoms with van der Waals surface area (Å²) in [5.41, 5.74) is 7.64. The van der Waals surface area contributed by atoms with E-state index in [9.17, 15) is 0 Å². The molecule has 250 valence electrons. The van der Waals surface area contributed by atoms with Gasteiger partial charge in [-0.2, -0.15) is 0 Å². The minimum atomic E-state index is 0.708. The maximum Gasteiger partial charge on any atom is 0.162 e. The fraction of sp³-hybridized carbons (Fsp3) is 0. The third kappa shape index (κ3) is 4.25. The van der Waals surface area contributed by atoms with Crippen LogP contribution in [0.3, 0.4) is 0 Å². The molecule has 12 aromatic rings. The summed E-state index contributed by atoms with van der Waals surface area (Å²) >= 11 is 0. The Morgan fingerprint density at radius 2 is 0.852 bits per heavy atom. The first-order valence-corrected chi connectivity index (χ1v) is 18.4. The average molecular weight is 687 g/mol. The normalized spacial score (nSPS) is 12.1. The van der Waals surface area contributed by atoms with Gasteiger partial charge in [0, 0.05) is 38.2 Å². The monoisotopic (exact) mass is 686 g/mol. The van der Waals surface area contributed by atoms with E-state index in [1.807, 2.05) is 0 Å². The summed E-state index contributed by atoms with van der Waals surface area (Å²) in [6, 6.07) is 65.6. The van der Waals surface area contributed by atoms with Crippen molar-refractivity contribution in [3.05, 3.63) is 182 Å². The molecule has 0 saturated carbocycles. The molecule has 12 rings (SSSR count). The maximum atomic E-state index is 5.43. The summed E-state index contributed by atoms with van der Waals surface area (Å²) < 4.78 is 4.79. The van der Waals surface area contributed by atoms with E-state index < -0.39 is 0 Å². The van der Waals surface area contributed by atoms with Crippen molar-refractivity contribution in [2.45, 2.75) is 0 Å². The molecule has 0 radical (unpaired) electrons. The molecule has 0 aliphatic carbocycles. The van der Waals surface area contributed by atoms with E-state index in [1.54, 1.807) is 0 Å². The Hall–Kier alpha value is -7.30. The van der Waals surface area contributed by atoms with E-state index in [1.165, 1.54) is 64.9 Å². The van der Waals surface area contributed by atoms with E-state index in [0.717, 1.165) is 39.0 Å². The molecule has 0 saturated heterocycles. The molecule has 54 heavy (non-hydrogen) atoms. The first-order valence-electron chi connectivity index (χ1n) is 18.4. The number of hydrogen-bond donors (Lipinski definition) is 0. The lowest BCUT2D eigenvalue weighted by Crippen LogP contribution is -2.03. The summed E-state index contributed by atoms with van der Waals surface area (Å²) in [7, 11) is 0. The highest BCUT2D eigenvalue weighted by atomic mass is 15.1. The van der Waals surface area contributed by atoms with Gasteiger partial charge in [-0.3, -0.25) is 4.57 Å². The number of benzene rings is 9. The molecule has 0 bridgehead atoms. The van der Waals surface area contributed by atoms with Crippen LogP contribution in [0.4, 0.5) is 0 Å². The summed E-state index contributed by atoms with van der Waals surface area (Å²) in [6.07, 6.45) is 0. The Labute approximate surface area is 309 Å². The summed E-state index contributed by atoms with van der Waals surface area (Å²) in [5, 5.41) is 13.1. The number of nitrogens with zero attached hydrogens (tertiary/aromatic N) is 4. The second kappa shape index (κ2) is 11.1. The van der Waals surface area contributed by atoms with E-state index in [0.29, 0.717) is 5.82 Å². The molecular formula is C50H30N4.